The molecule has 4 nitrogen and oxygen atoms in total. The van der Waals surface area contributed by atoms with Gasteiger partial charge in [0.15, 0.2) is 0 Å². The van der Waals surface area contributed by atoms with E-state index in [1.165, 1.54) is 75.0 Å². The van der Waals surface area contributed by atoms with Crippen molar-refractivity contribution in [3.05, 3.63) is 65.4 Å². The highest BCUT2D eigenvalue weighted by Gasteiger charge is 2.25. The molecule has 3 heterocycles. The third-order valence-corrected chi connectivity index (χ3v) is 7.21. The Hall–Kier alpha value is -2.74. The summed E-state index contributed by atoms with van der Waals surface area (Å²) in [5.41, 5.74) is 6.44. The molecule has 164 valence electrons. The Morgan fingerprint density at radius 2 is 1.81 bits per heavy atom. The average Bonchev–Trinajstić information content (AvgIpc) is 2.84. The van der Waals surface area contributed by atoms with Gasteiger partial charge in [0.05, 0.1) is 11.1 Å². The maximum atomic E-state index is 9.47. The van der Waals surface area contributed by atoms with Gasteiger partial charge in [-0.1, -0.05) is 36.2 Å². The molecule has 32 heavy (non-hydrogen) atoms. The third kappa shape index (κ3) is 4.41. The minimum atomic E-state index is 0.633. The van der Waals surface area contributed by atoms with E-state index in [-0.39, 0.29) is 0 Å². The van der Waals surface area contributed by atoms with Gasteiger partial charge in [-0.3, -0.25) is 9.88 Å². The maximum absolute atomic E-state index is 9.47. The fourth-order valence-corrected chi connectivity index (χ4v) is 5.61. The molecule has 0 unspecified atom stereocenters. The number of rotatable bonds is 4. The van der Waals surface area contributed by atoms with Crippen LogP contribution in [-0.2, 0) is 6.54 Å². The zero-order valence-corrected chi connectivity index (χ0v) is 19.1. The molecule has 2 fully saturated rings. The van der Waals surface area contributed by atoms with Crippen molar-refractivity contribution >= 4 is 10.9 Å². The van der Waals surface area contributed by atoms with Gasteiger partial charge in [0.1, 0.15) is 6.07 Å². The summed E-state index contributed by atoms with van der Waals surface area (Å²) in [6.45, 7) is 8.18. The number of aryl methyl sites for hydroxylation is 1. The number of hydrogen-bond donors (Lipinski definition) is 0. The summed E-state index contributed by atoms with van der Waals surface area (Å²) < 4.78 is 0. The van der Waals surface area contributed by atoms with E-state index in [2.05, 4.69) is 58.1 Å². The second-order valence-electron chi connectivity index (χ2n) is 9.48. The summed E-state index contributed by atoms with van der Waals surface area (Å²) in [6, 6.07) is 18.0. The van der Waals surface area contributed by atoms with Gasteiger partial charge in [0.25, 0.3) is 0 Å². The van der Waals surface area contributed by atoms with E-state index in [0.717, 1.165) is 29.1 Å². The van der Waals surface area contributed by atoms with Crippen LogP contribution in [0.25, 0.3) is 22.0 Å². The molecule has 2 aliphatic rings. The van der Waals surface area contributed by atoms with Gasteiger partial charge in [0, 0.05) is 24.2 Å². The molecule has 0 radical (unpaired) electrons. The Balaban J connectivity index is 1.34. The summed E-state index contributed by atoms with van der Waals surface area (Å²) in [5.74, 6) is 0. The molecule has 1 aromatic heterocycles. The Morgan fingerprint density at radius 1 is 1.00 bits per heavy atom. The maximum Gasteiger partial charge on any atom is 0.101 e. The number of nitrogens with zero attached hydrogens (tertiary/aromatic N) is 4. The van der Waals surface area contributed by atoms with Crippen molar-refractivity contribution in [2.24, 2.45) is 0 Å². The molecule has 0 aliphatic carbocycles. The lowest BCUT2D eigenvalue weighted by atomic mass is 9.95. The molecule has 2 saturated heterocycles. The molecule has 5 rings (SSSR count). The van der Waals surface area contributed by atoms with Crippen LogP contribution in [0.1, 0.15) is 48.8 Å². The number of piperidine rings is 2. The lowest BCUT2D eigenvalue weighted by Crippen LogP contribution is -2.46. The zero-order valence-electron chi connectivity index (χ0n) is 19.1. The summed E-state index contributed by atoms with van der Waals surface area (Å²) >= 11 is 0. The molecule has 0 saturated carbocycles. The Bertz CT molecular complexity index is 1130. The minimum absolute atomic E-state index is 0.633. The van der Waals surface area contributed by atoms with Crippen LogP contribution in [0.2, 0.25) is 0 Å². The van der Waals surface area contributed by atoms with E-state index in [1.807, 2.05) is 12.1 Å². The van der Waals surface area contributed by atoms with Crippen molar-refractivity contribution in [1.82, 2.24) is 14.8 Å². The van der Waals surface area contributed by atoms with Gasteiger partial charge in [-0.15, -0.1) is 0 Å². The van der Waals surface area contributed by atoms with E-state index in [0.29, 0.717) is 5.56 Å². The lowest BCUT2D eigenvalue weighted by Gasteiger charge is -2.40. The normalized spacial score (nSPS) is 18.6. The highest BCUT2D eigenvalue weighted by atomic mass is 15.2. The van der Waals surface area contributed by atoms with E-state index in [1.54, 1.807) is 6.20 Å². The predicted octanol–water partition coefficient (Wildman–Crippen LogP) is 5.53. The standard InChI is InChI=1S/C28H32N4/c1-21-16-22(20-31-14-9-25(10-15-31)32-12-3-2-4-13-32)18-24(17-21)26-8-7-23(19-29)28-27(26)6-5-11-30-28/h5-8,11,16-18,25H,2-4,9-10,12-15,20H2,1H3. The SMILES string of the molecule is Cc1cc(CN2CCC(N3CCCCC3)CC2)cc(-c2ccc(C#N)c3ncccc23)c1. The zero-order chi connectivity index (χ0) is 21.9. The van der Waals surface area contributed by atoms with E-state index in [9.17, 15) is 5.26 Å². The van der Waals surface area contributed by atoms with E-state index < -0.39 is 0 Å². The van der Waals surface area contributed by atoms with Crippen molar-refractivity contribution < 1.29 is 0 Å². The summed E-state index contributed by atoms with van der Waals surface area (Å²) in [7, 11) is 0. The summed E-state index contributed by atoms with van der Waals surface area (Å²) in [5, 5.41) is 10.5. The van der Waals surface area contributed by atoms with Crippen LogP contribution in [0, 0.1) is 18.3 Å². The Kier molecular flexibility index (Phi) is 6.21. The number of hydrogen-bond acceptors (Lipinski definition) is 4. The summed E-state index contributed by atoms with van der Waals surface area (Å²) in [4.78, 5) is 9.86. The molecule has 0 atom stereocenters. The smallest absolute Gasteiger partial charge is 0.101 e. The van der Waals surface area contributed by atoms with Gasteiger partial charge in [-0.25, -0.2) is 0 Å². The van der Waals surface area contributed by atoms with Gasteiger partial charge in [-0.05, 0) is 93.7 Å². The molecule has 4 heteroatoms. The first kappa shape index (κ1) is 21.1. The van der Waals surface area contributed by atoms with E-state index >= 15 is 0 Å². The van der Waals surface area contributed by atoms with Gasteiger partial charge in [0.2, 0.25) is 0 Å². The van der Waals surface area contributed by atoms with Crippen LogP contribution in [0.3, 0.4) is 0 Å². The molecule has 0 spiro atoms. The number of likely N-dealkylation sites (tertiary alicyclic amines) is 2. The molecular formula is C28H32N4. The second-order valence-corrected chi connectivity index (χ2v) is 9.48. The molecule has 2 aliphatic heterocycles. The minimum Gasteiger partial charge on any atom is -0.300 e. The van der Waals surface area contributed by atoms with Crippen LogP contribution < -0.4 is 0 Å². The largest absolute Gasteiger partial charge is 0.300 e. The van der Waals surface area contributed by atoms with Crippen molar-refractivity contribution in [3.8, 4) is 17.2 Å². The van der Waals surface area contributed by atoms with Gasteiger partial charge < -0.3 is 4.90 Å². The fraction of sp³-hybridized carbons (Fsp3) is 0.429. The van der Waals surface area contributed by atoms with Gasteiger partial charge in [-0.2, -0.15) is 5.26 Å². The number of pyridine rings is 1. The number of benzene rings is 2. The van der Waals surface area contributed by atoms with Gasteiger partial charge >= 0.3 is 0 Å². The molecule has 0 N–H and O–H groups in total. The first-order valence-corrected chi connectivity index (χ1v) is 12.1. The highest BCUT2D eigenvalue weighted by Crippen LogP contribution is 2.31. The van der Waals surface area contributed by atoms with Crippen LogP contribution in [0.4, 0.5) is 0 Å². The number of fused-ring (bicyclic) bond motifs is 1. The molecule has 3 aromatic rings. The summed E-state index contributed by atoms with van der Waals surface area (Å²) in [6.07, 6.45) is 8.53. The van der Waals surface area contributed by atoms with Crippen molar-refractivity contribution in [2.75, 3.05) is 26.2 Å². The second kappa shape index (κ2) is 9.40. The average molecular weight is 425 g/mol. The first-order valence-electron chi connectivity index (χ1n) is 12.1. The Morgan fingerprint density at radius 3 is 2.59 bits per heavy atom. The number of aromatic nitrogens is 1. The third-order valence-electron chi connectivity index (χ3n) is 7.21. The highest BCUT2D eigenvalue weighted by molar-refractivity contribution is 5.97. The van der Waals surface area contributed by atoms with Crippen LogP contribution >= 0.6 is 0 Å². The molecular weight excluding hydrogens is 392 g/mol. The van der Waals surface area contributed by atoms with Crippen molar-refractivity contribution in [1.29, 1.82) is 5.26 Å². The topological polar surface area (TPSA) is 43.2 Å². The molecule has 0 amide bonds. The first-order chi connectivity index (χ1) is 15.7. The molecule has 2 aromatic carbocycles. The molecule has 0 bridgehead atoms. The van der Waals surface area contributed by atoms with Crippen molar-refractivity contribution in [2.45, 2.75) is 51.6 Å². The van der Waals surface area contributed by atoms with Crippen molar-refractivity contribution in [3.63, 3.8) is 0 Å². The van der Waals surface area contributed by atoms with Crippen LogP contribution in [0.5, 0.6) is 0 Å². The predicted molar refractivity (Wildman–Crippen MR) is 130 cm³/mol. The monoisotopic (exact) mass is 424 g/mol. The lowest BCUT2D eigenvalue weighted by molar-refractivity contribution is 0.0896. The van der Waals surface area contributed by atoms with Crippen LogP contribution in [-0.4, -0.2) is 47.0 Å². The fourth-order valence-electron chi connectivity index (χ4n) is 5.61. The number of nitriles is 1. The van der Waals surface area contributed by atoms with E-state index in [4.69, 9.17) is 0 Å². The van der Waals surface area contributed by atoms with Crippen LogP contribution in [0.15, 0.2) is 48.7 Å². The quantitative estimate of drug-likeness (QED) is 0.552. The Labute approximate surface area is 191 Å².